The molecule has 0 amide bonds. The lowest BCUT2D eigenvalue weighted by Gasteiger charge is -2.24. The molecule has 66 valence electrons. The van der Waals surface area contributed by atoms with Crippen LogP contribution in [0.2, 0.25) is 0 Å². The first-order chi connectivity index (χ1) is 6.38. The van der Waals surface area contributed by atoms with E-state index in [9.17, 15) is 0 Å². The predicted octanol–water partition coefficient (Wildman–Crippen LogP) is 1.44. The van der Waals surface area contributed by atoms with Crippen LogP contribution in [0.15, 0.2) is 23.2 Å². The van der Waals surface area contributed by atoms with E-state index < -0.39 is 0 Å². The molecule has 0 N–H and O–H groups in total. The number of hydrogen-bond donors (Lipinski definition) is 0. The monoisotopic (exact) mass is 192 g/mol. The summed E-state index contributed by atoms with van der Waals surface area (Å²) in [6.07, 6.45) is 1.74. The van der Waals surface area contributed by atoms with Gasteiger partial charge in [0.15, 0.2) is 0 Å². The quantitative estimate of drug-likeness (QED) is 0.711. The van der Waals surface area contributed by atoms with E-state index in [0.717, 1.165) is 18.1 Å². The van der Waals surface area contributed by atoms with Gasteiger partial charge in [-0.2, -0.15) is 5.26 Å². The van der Waals surface area contributed by atoms with Gasteiger partial charge in [0.05, 0.1) is 18.5 Å². The van der Waals surface area contributed by atoms with Crippen LogP contribution in [0.25, 0.3) is 0 Å². The highest BCUT2D eigenvalue weighted by Gasteiger charge is 2.19. The zero-order valence-corrected chi connectivity index (χ0v) is 7.75. The molecule has 1 aromatic heterocycles. The average molecular weight is 192 g/mol. The Morgan fingerprint density at radius 2 is 2.38 bits per heavy atom. The van der Waals surface area contributed by atoms with Crippen LogP contribution in [-0.4, -0.2) is 23.4 Å². The summed E-state index contributed by atoms with van der Waals surface area (Å²) in [5.41, 5.74) is 0.467. The van der Waals surface area contributed by atoms with Gasteiger partial charge in [-0.3, -0.25) is 0 Å². The first kappa shape index (κ1) is 8.54. The Hall–Kier alpha value is -1.05. The molecule has 1 saturated heterocycles. The summed E-state index contributed by atoms with van der Waals surface area (Å²) < 4.78 is 5.06. The summed E-state index contributed by atoms with van der Waals surface area (Å²) in [5, 5.41) is 9.09. The molecule has 0 unspecified atom stereocenters. The van der Waals surface area contributed by atoms with Gasteiger partial charge in [0, 0.05) is 11.1 Å². The Labute approximate surface area is 80.7 Å². The van der Waals surface area contributed by atoms with Crippen LogP contribution in [0.1, 0.15) is 5.69 Å². The van der Waals surface area contributed by atoms with Crippen molar-refractivity contribution in [2.75, 3.05) is 13.2 Å². The molecule has 1 fully saturated rings. The van der Waals surface area contributed by atoms with E-state index in [1.165, 1.54) is 0 Å². The van der Waals surface area contributed by atoms with Crippen LogP contribution in [0.5, 0.6) is 0 Å². The van der Waals surface area contributed by atoms with Crippen molar-refractivity contribution in [3.63, 3.8) is 0 Å². The number of rotatable bonds is 2. The smallest absolute Gasteiger partial charge is 0.140 e. The maximum Gasteiger partial charge on any atom is 0.140 e. The lowest BCUT2D eigenvalue weighted by atomic mass is 10.4. The van der Waals surface area contributed by atoms with Crippen LogP contribution in [0.4, 0.5) is 0 Å². The first-order valence-corrected chi connectivity index (χ1v) is 4.87. The fourth-order valence-electron chi connectivity index (χ4n) is 0.991. The molecular weight excluding hydrogens is 184 g/mol. The fourth-order valence-corrected chi connectivity index (χ4v) is 1.96. The van der Waals surface area contributed by atoms with E-state index in [-0.39, 0.29) is 0 Å². The van der Waals surface area contributed by atoms with Gasteiger partial charge in [0.1, 0.15) is 11.8 Å². The minimum absolute atomic E-state index is 0.467. The van der Waals surface area contributed by atoms with Crippen molar-refractivity contribution in [2.45, 2.75) is 10.1 Å². The standard InChI is InChI=1S/C9H8N2OS/c10-3-7-1-2-8(4-11-7)13-9-5-12-6-9/h1-2,4,9H,5-6H2. The molecule has 4 heteroatoms. The molecule has 0 aromatic carbocycles. The molecule has 0 saturated carbocycles. The Kier molecular flexibility index (Phi) is 2.48. The lowest BCUT2D eigenvalue weighted by Crippen LogP contribution is -2.30. The number of aromatic nitrogens is 1. The highest BCUT2D eigenvalue weighted by atomic mass is 32.2. The van der Waals surface area contributed by atoms with Gasteiger partial charge in [-0.25, -0.2) is 4.98 Å². The number of nitriles is 1. The highest BCUT2D eigenvalue weighted by molar-refractivity contribution is 8.00. The maximum atomic E-state index is 8.53. The molecule has 3 nitrogen and oxygen atoms in total. The SMILES string of the molecule is N#Cc1ccc(SC2COC2)cn1. The third-order valence-corrected chi connectivity index (χ3v) is 2.88. The second-order valence-corrected chi connectivity index (χ2v) is 4.14. The van der Waals surface area contributed by atoms with Crippen molar-refractivity contribution in [3.8, 4) is 6.07 Å². The zero-order valence-electron chi connectivity index (χ0n) is 6.93. The van der Waals surface area contributed by atoms with Gasteiger partial charge >= 0.3 is 0 Å². The normalized spacial score (nSPS) is 16.2. The van der Waals surface area contributed by atoms with E-state index in [4.69, 9.17) is 10.00 Å². The van der Waals surface area contributed by atoms with Crippen molar-refractivity contribution in [3.05, 3.63) is 24.0 Å². The number of nitrogens with zero attached hydrogens (tertiary/aromatic N) is 2. The molecule has 0 atom stereocenters. The molecule has 0 radical (unpaired) electrons. The van der Waals surface area contributed by atoms with Crippen molar-refractivity contribution in [2.24, 2.45) is 0 Å². The number of pyridine rings is 1. The fraction of sp³-hybridized carbons (Fsp3) is 0.333. The molecule has 2 heterocycles. The second kappa shape index (κ2) is 3.77. The van der Waals surface area contributed by atoms with Crippen LogP contribution in [0, 0.1) is 11.3 Å². The molecule has 1 aliphatic rings. The van der Waals surface area contributed by atoms with E-state index in [1.807, 2.05) is 12.1 Å². The molecule has 0 spiro atoms. The van der Waals surface area contributed by atoms with Crippen molar-refractivity contribution >= 4 is 11.8 Å². The van der Waals surface area contributed by atoms with E-state index in [1.54, 1.807) is 24.0 Å². The van der Waals surface area contributed by atoms with Crippen LogP contribution in [-0.2, 0) is 4.74 Å². The van der Waals surface area contributed by atoms with Crippen LogP contribution < -0.4 is 0 Å². The largest absolute Gasteiger partial charge is 0.379 e. The third-order valence-electron chi connectivity index (χ3n) is 1.76. The number of hydrogen-bond acceptors (Lipinski definition) is 4. The number of ether oxygens (including phenoxy) is 1. The van der Waals surface area contributed by atoms with E-state index in [0.29, 0.717) is 10.9 Å². The van der Waals surface area contributed by atoms with Gasteiger partial charge in [-0.15, -0.1) is 11.8 Å². The van der Waals surface area contributed by atoms with Gasteiger partial charge in [-0.1, -0.05) is 0 Å². The maximum absolute atomic E-state index is 8.53. The summed E-state index contributed by atoms with van der Waals surface area (Å²) >= 11 is 1.75. The Bertz CT molecular complexity index is 326. The molecule has 1 aromatic rings. The molecule has 13 heavy (non-hydrogen) atoms. The molecular formula is C9H8N2OS. The molecule has 0 aliphatic carbocycles. The Balaban J connectivity index is 2.01. The number of thioether (sulfide) groups is 1. The minimum atomic E-state index is 0.467. The Morgan fingerprint density at radius 3 is 2.85 bits per heavy atom. The predicted molar refractivity (Wildman–Crippen MR) is 49.4 cm³/mol. The summed E-state index contributed by atoms with van der Waals surface area (Å²) in [5.74, 6) is 0. The van der Waals surface area contributed by atoms with Gasteiger partial charge in [0.25, 0.3) is 0 Å². The van der Waals surface area contributed by atoms with E-state index in [2.05, 4.69) is 4.98 Å². The zero-order chi connectivity index (χ0) is 9.10. The molecule has 1 aliphatic heterocycles. The molecule has 0 bridgehead atoms. The lowest BCUT2D eigenvalue weighted by molar-refractivity contribution is 0.0455. The van der Waals surface area contributed by atoms with Crippen LogP contribution in [0.3, 0.4) is 0 Å². The summed E-state index contributed by atoms with van der Waals surface area (Å²) in [6, 6.07) is 5.65. The first-order valence-electron chi connectivity index (χ1n) is 3.99. The second-order valence-electron chi connectivity index (χ2n) is 2.77. The van der Waals surface area contributed by atoms with Gasteiger partial charge in [-0.05, 0) is 12.1 Å². The van der Waals surface area contributed by atoms with Gasteiger partial charge < -0.3 is 4.74 Å². The highest BCUT2D eigenvalue weighted by Crippen LogP contribution is 2.27. The minimum Gasteiger partial charge on any atom is -0.379 e. The Morgan fingerprint density at radius 1 is 1.54 bits per heavy atom. The molecule has 2 rings (SSSR count). The summed E-state index contributed by atoms with van der Waals surface area (Å²) in [7, 11) is 0. The average Bonchev–Trinajstić information content (AvgIpc) is 2.12. The summed E-state index contributed by atoms with van der Waals surface area (Å²) in [4.78, 5) is 5.09. The van der Waals surface area contributed by atoms with Crippen molar-refractivity contribution in [1.29, 1.82) is 5.26 Å². The summed E-state index contributed by atoms with van der Waals surface area (Å²) in [6.45, 7) is 1.65. The van der Waals surface area contributed by atoms with Gasteiger partial charge in [0.2, 0.25) is 0 Å². The van der Waals surface area contributed by atoms with Crippen molar-refractivity contribution < 1.29 is 4.74 Å². The topological polar surface area (TPSA) is 45.9 Å². The van der Waals surface area contributed by atoms with Crippen LogP contribution >= 0.6 is 11.8 Å². The van der Waals surface area contributed by atoms with Crippen molar-refractivity contribution in [1.82, 2.24) is 4.98 Å². The third kappa shape index (κ3) is 2.00. The van der Waals surface area contributed by atoms with E-state index >= 15 is 0 Å².